The van der Waals surface area contributed by atoms with Crippen LogP contribution in [0.4, 0.5) is 11.4 Å². The first-order chi connectivity index (χ1) is 12.1. The van der Waals surface area contributed by atoms with Crippen molar-refractivity contribution in [3.05, 3.63) is 46.1 Å². The normalized spacial score (nSPS) is 15.9. The molecule has 2 N–H and O–H groups in total. The number of hydrogen-bond donors (Lipinski definition) is 2. The number of thiophene rings is 1. The molecule has 0 unspecified atom stereocenters. The number of carbonyl (C=O) groups excluding carboxylic acids is 2. The lowest BCUT2D eigenvalue weighted by molar-refractivity contribution is -0.122. The number of carbonyl (C=O) groups is 2. The zero-order valence-electron chi connectivity index (χ0n) is 13.1. The van der Waals surface area contributed by atoms with Gasteiger partial charge in [-0.05, 0) is 36.6 Å². The molecule has 0 spiro atoms. The summed E-state index contributed by atoms with van der Waals surface area (Å²) in [6.07, 6.45) is -0.529. The Balaban J connectivity index is 1.52. The van der Waals surface area contributed by atoms with Gasteiger partial charge in [-0.15, -0.1) is 11.3 Å². The van der Waals surface area contributed by atoms with E-state index in [1.54, 1.807) is 41.8 Å². The Hall–Kier alpha value is -2.71. The van der Waals surface area contributed by atoms with Crippen molar-refractivity contribution in [2.45, 2.75) is 13.0 Å². The van der Waals surface area contributed by atoms with Crippen LogP contribution in [0.1, 0.15) is 17.4 Å². The molecule has 8 heteroatoms. The Morgan fingerprint density at radius 1 is 1.32 bits per heavy atom. The van der Waals surface area contributed by atoms with E-state index in [9.17, 15) is 9.59 Å². The van der Waals surface area contributed by atoms with Crippen LogP contribution in [0.5, 0.6) is 5.75 Å². The monoisotopic (exact) mass is 371 g/mol. The van der Waals surface area contributed by atoms with Crippen LogP contribution in [-0.2, 0) is 4.79 Å². The topological polar surface area (TPSA) is 80.3 Å². The standard InChI is InChI=1S/C17H13N3O3S2/c1-9-15(21)19-12-6-11(2-3-14(12)23-9)18-16(22)13-8-25-17(20-13)10-4-5-24-7-10/h2-9H,1H3,(H,18,22)(H,19,21)/t9-/m1/s1. The molecule has 0 saturated heterocycles. The van der Waals surface area contributed by atoms with E-state index >= 15 is 0 Å². The number of amides is 2. The van der Waals surface area contributed by atoms with Gasteiger partial charge in [0.25, 0.3) is 11.8 Å². The highest BCUT2D eigenvalue weighted by Gasteiger charge is 2.23. The molecule has 0 saturated carbocycles. The number of ether oxygens (including phenoxy) is 1. The maximum Gasteiger partial charge on any atom is 0.275 e. The molecule has 3 heterocycles. The SMILES string of the molecule is C[C@H]1Oc2ccc(NC(=O)c3csc(-c4ccsc4)n3)cc2NC1=O. The third-order valence-electron chi connectivity index (χ3n) is 3.67. The molecule has 6 nitrogen and oxygen atoms in total. The van der Waals surface area contributed by atoms with Crippen LogP contribution in [0.25, 0.3) is 10.6 Å². The lowest BCUT2D eigenvalue weighted by Gasteiger charge is -2.23. The van der Waals surface area contributed by atoms with E-state index in [4.69, 9.17) is 4.74 Å². The number of benzene rings is 1. The molecule has 3 aromatic rings. The summed E-state index contributed by atoms with van der Waals surface area (Å²) in [7, 11) is 0. The zero-order chi connectivity index (χ0) is 17.4. The fourth-order valence-corrected chi connectivity index (χ4v) is 3.89. The minimum Gasteiger partial charge on any atom is -0.479 e. The number of aromatic nitrogens is 1. The van der Waals surface area contributed by atoms with Crippen LogP contribution in [0, 0.1) is 0 Å². The first kappa shape index (κ1) is 15.8. The molecule has 126 valence electrons. The summed E-state index contributed by atoms with van der Waals surface area (Å²) in [6, 6.07) is 7.09. The van der Waals surface area contributed by atoms with Gasteiger partial charge in [0.2, 0.25) is 0 Å². The van der Waals surface area contributed by atoms with Crippen LogP contribution < -0.4 is 15.4 Å². The summed E-state index contributed by atoms with van der Waals surface area (Å²) >= 11 is 3.02. The molecular weight excluding hydrogens is 358 g/mol. The summed E-state index contributed by atoms with van der Waals surface area (Å²) < 4.78 is 5.50. The average Bonchev–Trinajstić information content (AvgIpc) is 3.27. The quantitative estimate of drug-likeness (QED) is 0.733. The molecule has 1 aliphatic heterocycles. The number of thiazole rings is 1. The predicted molar refractivity (Wildman–Crippen MR) is 98.5 cm³/mol. The number of nitrogens with one attached hydrogen (secondary N) is 2. The van der Waals surface area contributed by atoms with Gasteiger partial charge in [0.15, 0.2) is 6.10 Å². The second kappa shape index (κ2) is 6.30. The minimum absolute atomic E-state index is 0.212. The number of hydrogen-bond acceptors (Lipinski definition) is 6. The van der Waals surface area contributed by atoms with E-state index < -0.39 is 6.10 Å². The molecule has 0 aliphatic carbocycles. The highest BCUT2D eigenvalue weighted by molar-refractivity contribution is 7.14. The Bertz CT molecular complexity index is 950. The first-order valence-electron chi connectivity index (χ1n) is 7.51. The van der Waals surface area contributed by atoms with Gasteiger partial charge in [0.1, 0.15) is 16.5 Å². The van der Waals surface area contributed by atoms with E-state index in [0.717, 1.165) is 10.6 Å². The summed E-state index contributed by atoms with van der Waals surface area (Å²) in [4.78, 5) is 28.5. The third-order valence-corrected chi connectivity index (χ3v) is 5.25. The Morgan fingerprint density at radius 2 is 2.20 bits per heavy atom. The second-order valence-corrected chi connectivity index (χ2v) is 7.10. The van der Waals surface area contributed by atoms with Crippen LogP contribution in [-0.4, -0.2) is 22.9 Å². The molecule has 2 amide bonds. The van der Waals surface area contributed by atoms with Crippen LogP contribution in [0.2, 0.25) is 0 Å². The van der Waals surface area contributed by atoms with Crippen LogP contribution in [0.3, 0.4) is 0 Å². The van der Waals surface area contributed by atoms with Gasteiger partial charge in [-0.1, -0.05) is 0 Å². The van der Waals surface area contributed by atoms with Gasteiger partial charge >= 0.3 is 0 Å². The van der Waals surface area contributed by atoms with E-state index in [0.29, 0.717) is 22.8 Å². The lowest BCUT2D eigenvalue weighted by Crippen LogP contribution is -2.34. The van der Waals surface area contributed by atoms with Crippen molar-refractivity contribution in [2.24, 2.45) is 0 Å². The number of rotatable bonds is 3. The van der Waals surface area contributed by atoms with Crippen LogP contribution >= 0.6 is 22.7 Å². The van der Waals surface area contributed by atoms with E-state index in [2.05, 4.69) is 15.6 Å². The van der Waals surface area contributed by atoms with Crippen molar-refractivity contribution in [1.82, 2.24) is 4.98 Å². The molecular formula is C17H13N3O3S2. The summed E-state index contributed by atoms with van der Waals surface area (Å²) in [6.45, 7) is 1.68. The molecule has 4 rings (SSSR count). The summed E-state index contributed by atoms with van der Waals surface area (Å²) in [5.41, 5.74) is 2.47. The van der Waals surface area contributed by atoms with Crippen molar-refractivity contribution in [2.75, 3.05) is 10.6 Å². The highest BCUT2D eigenvalue weighted by Crippen LogP contribution is 2.32. The van der Waals surface area contributed by atoms with E-state index in [-0.39, 0.29) is 11.8 Å². The predicted octanol–water partition coefficient (Wildman–Crippen LogP) is 3.84. The van der Waals surface area contributed by atoms with Crippen molar-refractivity contribution < 1.29 is 14.3 Å². The summed E-state index contributed by atoms with van der Waals surface area (Å²) in [5.74, 6) is 0.0727. The fourth-order valence-electron chi connectivity index (χ4n) is 2.38. The molecule has 1 atom stereocenters. The van der Waals surface area contributed by atoms with Gasteiger partial charge in [-0.2, -0.15) is 11.3 Å². The number of nitrogens with zero attached hydrogens (tertiary/aromatic N) is 1. The number of fused-ring (bicyclic) bond motifs is 1. The average molecular weight is 371 g/mol. The van der Waals surface area contributed by atoms with Gasteiger partial charge in [0.05, 0.1) is 5.69 Å². The zero-order valence-corrected chi connectivity index (χ0v) is 14.7. The molecule has 2 aromatic heterocycles. The van der Waals surface area contributed by atoms with Gasteiger partial charge < -0.3 is 15.4 Å². The molecule has 0 radical (unpaired) electrons. The lowest BCUT2D eigenvalue weighted by atomic mass is 10.2. The van der Waals surface area contributed by atoms with Gasteiger partial charge in [-0.3, -0.25) is 9.59 Å². The van der Waals surface area contributed by atoms with Crippen molar-refractivity contribution in [3.8, 4) is 16.3 Å². The van der Waals surface area contributed by atoms with Crippen LogP contribution in [0.15, 0.2) is 40.4 Å². The largest absolute Gasteiger partial charge is 0.479 e. The van der Waals surface area contributed by atoms with Gasteiger partial charge in [0, 0.05) is 22.0 Å². The third kappa shape index (κ3) is 3.13. The molecule has 25 heavy (non-hydrogen) atoms. The molecule has 0 bridgehead atoms. The van der Waals surface area contributed by atoms with Crippen molar-refractivity contribution in [1.29, 1.82) is 0 Å². The minimum atomic E-state index is -0.529. The van der Waals surface area contributed by atoms with E-state index in [1.165, 1.54) is 11.3 Å². The Kier molecular flexibility index (Phi) is 3.98. The fraction of sp³-hybridized carbons (Fsp3) is 0.118. The Morgan fingerprint density at radius 3 is 3.00 bits per heavy atom. The Labute approximate surface area is 151 Å². The first-order valence-corrected chi connectivity index (χ1v) is 9.33. The number of anilines is 2. The maximum absolute atomic E-state index is 12.4. The van der Waals surface area contributed by atoms with Crippen molar-refractivity contribution >= 4 is 45.9 Å². The van der Waals surface area contributed by atoms with Gasteiger partial charge in [-0.25, -0.2) is 4.98 Å². The second-order valence-electron chi connectivity index (χ2n) is 5.46. The summed E-state index contributed by atoms with van der Waals surface area (Å²) in [5, 5.41) is 12.1. The maximum atomic E-state index is 12.4. The molecule has 1 aliphatic rings. The highest BCUT2D eigenvalue weighted by atomic mass is 32.1. The molecule has 1 aromatic carbocycles. The smallest absolute Gasteiger partial charge is 0.275 e. The van der Waals surface area contributed by atoms with Crippen molar-refractivity contribution in [3.63, 3.8) is 0 Å². The molecule has 0 fully saturated rings. The van der Waals surface area contributed by atoms with E-state index in [1.807, 2.05) is 16.8 Å².